The van der Waals surface area contributed by atoms with E-state index in [1.807, 2.05) is 49.4 Å². The van der Waals surface area contributed by atoms with Crippen LogP contribution in [0.15, 0.2) is 48.5 Å². The second-order valence-corrected chi connectivity index (χ2v) is 6.00. The molecule has 1 atom stereocenters. The van der Waals surface area contributed by atoms with Gasteiger partial charge in [0.25, 0.3) is 0 Å². The minimum absolute atomic E-state index is 0.0296. The van der Waals surface area contributed by atoms with Crippen LogP contribution < -0.4 is 5.32 Å². The summed E-state index contributed by atoms with van der Waals surface area (Å²) in [4.78, 5) is 4.57. The SMILES string of the molecule is CC(Cl)c1ccccc1Nc1nc2ccccc2s1. The van der Waals surface area contributed by atoms with Crippen molar-refractivity contribution in [2.24, 2.45) is 0 Å². The number of benzene rings is 2. The van der Waals surface area contributed by atoms with Crippen molar-refractivity contribution in [3.8, 4) is 0 Å². The van der Waals surface area contributed by atoms with Gasteiger partial charge >= 0.3 is 0 Å². The van der Waals surface area contributed by atoms with Gasteiger partial charge in [0.15, 0.2) is 5.13 Å². The molecule has 96 valence electrons. The van der Waals surface area contributed by atoms with E-state index in [1.54, 1.807) is 11.3 Å². The molecule has 1 N–H and O–H groups in total. The summed E-state index contributed by atoms with van der Waals surface area (Å²) in [6.07, 6.45) is 0. The highest BCUT2D eigenvalue weighted by molar-refractivity contribution is 7.22. The molecule has 1 unspecified atom stereocenters. The molecule has 0 spiro atoms. The number of nitrogens with one attached hydrogen (secondary N) is 1. The fraction of sp³-hybridized carbons (Fsp3) is 0.133. The molecule has 0 aliphatic heterocycles. The number of para-hydroxylation sites is 2. The van der Waals surface area contributed by atoms with E-state index in [4.69, 9.17) is 11.6 Å². The van der Waals surface area contributed by atoms with Crippen LogP contribution in [0.4, 0.5) is 10.8 Å². The third-order valence-corrected chi connectivity index (χ3v) is 4.11. The number of halogens is 1. The molecule has 2 aromatic carbocycles. The molecule has 0 fully saturated rings. The van der Waals surface area contributed by atoms with Crippen molar-refractivity contribution >= 4 is 44.0 Å². The number of aromatic nitrogens is 1. The monoisotopic (exact) mass is 288 g/mol. The van der Waals surface area contributed by atoms with Crippen molar-refractivity contribution in [1.82, 2.24) is 4.98 Å². The zero-order chi connectivity index (χ0) is 13.2. The highest BCUT2D eigenvalue weighted by atomic mass is 35.5. The highest BCUT2D eigenvalue weighted by Crippen LogP contribution is 2.32. The summed E-state index contributed by atoms with van der Waals surface area (Å²) in [5, 5.41) is 4.23. The Hall–Kier alpha value is -1.58. The molecule has 0 saturated heterocycles. The average Bonchev–Trinajstić information content (AvgIpc) is 2.81. The second kappa shape index (κ2) is 5.19. The lowest BCUT2D eigenvalue weighted by atomic mass is 10.1. The van der Waals surface area contributed by atoms with Crippen molar-refractivity contribution in [3.05, 3.63) is 54.1 Å². The van der Waals surface area contributed by atoms with Crippen LogP contribution in [0.25, 0.3) is 10.2 Å². The lowest BCUT2D eigenvalue weighted by molar-refractivity contribution is 1.09. The van der Waals surface area contributed by atoms with Gasteiger partial charge < -0.3 is 5.32 Å². The van der Waals surface area contributed by atoms with E-state index < -0.39 is 0 Å². The van der Waals surface area contributed by atoms with Gasteiger partial charge in [-0.2, -0.15) is 0 Å². The van der Waals surface area contributed by atoms with Gasteiger partial charge in [0.05, 0.1) is 15.6 Å². The maximum atomic E-state index is 6.20. The first-order valence-electron chi connectivity index (χ1n) is 6.09. The van der Waals surface area contributed by atoms with Crippen LogP contribution in [-0.2, 0) is 0 Å². The molecule has 2 nitrogen and oxygen atoms in total. The van der Waals surface area contributed by atoms with Crippen molar-refractivity contribution in [2.75, 3.05) is 5.32 Å². The van der Waals surface area contributed by atoms with E-state index in [2.05, 4.69) is 16.4 Å². The summed E-state index contributed by atoms with van der Waals surface area (Å²) in [6.45, 7) is 1.97. The third kappa shape index (κ3) is 2.57. The number of fused-ring (bicyclic) bond motifs is 1. The highest BCUT2D eigenvalue weighted by Gasteiger charge is 2.09. The molecule has 0 aliphatic carbocycles. The fourth-order valence-corrected chi connectivity index (χ4v) is 3.07. The molecule has 0 radical (unpaired) electrons. The maximum absolute atomic E-state index is 6.20. The quantitative estimate of drug-likeness (QED) is 0.658. The molecule has 1 aromatic heterocycles. The van der Waals surface area contributed by atoms with E-state index in [0.717, 1.165) is 21.9 Å². The van der Waals surface area contributed by atoms with Gasteiger partial charge in [-0.05, 0) is 30.7 Å². The average molecular weight is 289 g/mol. The zero-order valence-electron chi connectivity index (χ0n) is 10.4. The predicted octanol–water partition coefficient (Wildman–Crippen LogP) is 5.34. The molecule has 4 heteroatoms. The van der Waals surface area contributed by atoms with Gasteiger partial charge in [-0.3, -0.25) is 0 Å². The van der Waals surface area contributed by atoms with Crippen LogP contribution in [0.5, 0.6) is 0 Å². The van der Waals surface area contributed by atoms with E-state index in [-0.39, 0.29) is 5.38 Å². The normalized spacial score (nSPS) is 12.5. The number of alkyl halides is 1. The fourth-order valence-electron chi connectivity index (χ4n) is 2.00. The number of rotatable bonds is 3. The standard InChI is InChI=1S/C15H13ClN2S/c1-10(16)11-6-2-3-7-12(11)17-15-18-13-8-4-5-9-14(13)19-15/h2-10H,1H3,(H,17,18). The molecule has 0 amide bonds. The minimum atomic E-state index is -0.0296. The maximum Gasteiger partial charge on any atom is 0.188 e. The summed E-state index contributed by atoms with van der Waals surface area (Å²) in [5.74, 6) is 0. The summed E-state index contributed by atoms with van der Waals surface area (Å²) in [7, 11) is 0. The van der Waals surface area contributed by atoms with Crippen molar-refractivity contribution in [3.63, 3.8) is 0 Å². The molecule has 19 heavy (non-hydrogen) atoms. The van der Waals surface area contributed by atoms with E-state index in [1.165, 1.54) is 4.70 Å². The van der Waals surface area contributed by atoms with Crippen molar-refractivity contribution in [1.29, 1.82) is 0 Å². The Morgan fingerprint density at radius 1 is 1.11 bits per heavy atom. The van der Waals surface area contributed by atoms with Crippen LogP contribution in [-0.4, -0.2) is 4.98 Å². The molecule has 0 aliphatic rings. The first kappa shape index (κ1) is 12.5. The van der Waals surface area contributed by atoms with Gasteiger partial charge in [0.2, 0.25) is 0 Å². The first-order chi connectivity index (χ1) is 9.24. The van der Waals surface area contributed by atoms with Crippen LogP contribution in [0.2, 0.25) is 0 Å². The number of hydrogen-bond acceptors (Lipinski definition) is 3. The van der Waals surface area contributed by atoms with Crippen LogP contribution in [0.3, 0.4) is 0 Å². The van der Waals surface area contributed by atoms with E-state index in [9.17, 15) is 0 Å². The number of nitrogens with zero attached hydrogens (tertiary/aromatic N) is 1. The largest absolute Gasteiger partial charge is 0.331 e. The Bertz CT molecular complexity index is 673. The Morgan fingerprint density at radius 3 is 2.63 bits per heavy atom. The topological polar surface area (TPSA) is 24.9 Å². The Balaban J connectivity index is 1.97. The number of anilines is 2. The predicted molar refractivity (Wildman–Crippen MR) is 83.6 cm³/mol. The Kier molecular flexibility index (Phi) is 3.40. The van der Waals surface area contributed by atoms with E-state index >= 15 is 0 Å². The molecular weight excluding hydrogens is 276 g/mol. The van der Waals surface area contributed by atoms with Crippen LogP contribution in [0, 0.1) is 0 Å². The zero-order valence-corrected chi connectivity index (χ0v) is 12.0. The molecule has 3 aromatic rings. The van der Waals surface area contributed by atoms with Gasteiger partial charge in [-0.25, -0.2) is 4.98 Å². The van der Waals surface area contributed by atoms with E-state index in [0.29, 0.717) is 0 Å². The Labute approximate surface area is 121 Å². The molecule has 3 rings (SSSR count). The second-order valence-electron chi connectivity index (χ2n) is 4.31. The van der Waals surface area contributed by atoms with Gasteiger partial charge in [0.1, 0.15) is 0 Å². The summed E-state index contributed by atoms with van der Waals surface area (Å²) < 4.78 is 1.18. The summed E-state index contributed by atoms with van der Waals surface area (Å²) in [5.41, 5.74) is 3.12. The van der Waals surface area contributed by atoms with Gasteiger partial charge in [-0.15, -0.1) is 11.6 Å². The summed E-state index contributed by atoms with van der Waals surface area (Å²) in [6, 6.07) is 16.2. The van der Waals surface area contributed by atoms with Crippen LogP contribution >= 0.6 is 22.9 Å². The molecule has 0 saturated carbocycles. The number of thiazole rings is 1. The molecule has 0 bridgehead atoms. The van der Waals surface area contributed by atoms with Gasteiger partial charge in [0, 0.05) is 5.69 Å². The minimum Gasteiger partial charge on any atom is -0.331 e. The lowest BCUT2D eigenvalue weighted by Gasteiger charge is -2.11. The van der Waals surface area contributed by atoms with Crippen LogP contribution in [0.1, 0.15) is 17.9 Å². The van der Waals surface area contributed by atoms with Crippen molar-refractivity contribution < 1.29 is 0 Å². The third-order valence-electron chi connectivity index (χ3n) is 2.92. The first-order valence-corrected chi connectivity index (χ1v) is 7.35. The summed E-state index contributed by atoms with van der Waals surface area (Å²) >= 11 is 7.84. The Morgan fingerprint density at radius 2 is 1.84 bits per heavy atom. The van der Waals surface area contributed by atoms with Gasteiger partial charge in [-0.1, -0.05) is 41.7 Å². The molecule has 1 heterocycles. The smallest absolute Gasteiger partial charge is 0.188 e. The van der Waals surface area contributed by atoms with Crippen molar-refractivity contribution in [2.45, 2.75) is 12.3 Å². The number of hydrogen-bond donors (Lipinski definition) is 1. The molecular formula is C15H13ClN2S. The lowest BCUT2D eigenvalue weighted by Crippen LogP contribution is -1.95.